The first-order valence-corrected chi connectivity index (χ1v) is 5.59. The van der Waals surface area contributed by atoms with Crippen molar-refractivity contribution in [1.29, 1.82) is 0 Å². The van der Waals surface area contributed by atoms with E-state index in [1.54, 1.807) is 0 Å². The number of rotatable bonds is 4. The fraction of sp³-hybridized carbons (Fsp3) is 0.308. The summed E-state index contributed by atoms with van der Waals surface area (Å²) in [4.78, 5) is 11.1. The first kappa shape index (κ1) is 15.1. The second-order valence-corrected chi connectivity index (χ2v) is 3.75. The standard InChI is InChI=1S/C13H14F3NO2/c1-3-10(8-12(18)19-2)17-11-6-4-9(5-7-11)13(14,15)16/h4-8,17H,3H2,1-2H3/b10-8-. The first-order chi connectivity index (χ1) is 8.86. The van der Waals surface area contributed by atoms with Crippen LogP contribution < -0.4 is 5.32 Å². The van der Waals surface area contributed by atoms with Crippen LogP contribution in [0.15, 0.2) is 36.0 Å². The highest BCUT2D eigenvalue weighted by molar-refractivity contribution is 5.83. The van der Waals surface area contributed by atoms with Gasteiger partial charge in [-0.3, -0.25) is 0 Å². The second-order valence-electron chi connectivity index (χ2n) is 3.75. The molecule has 19 heavy (non-hydrogen) atoms. The number of carbonyl (C=O) groups is 1. The summed E-state index contributed by atoms with van der Waals surface area (Å²) < 4.78 is 41.6. The van der Waals surface area contributed by atoms with Crippen LogP contribution in [0.3, 0.4) is 0 Å². The summed E-state index contributed by atoms with van der Waals surface area (Å²) in [7, 11) is 1.25. The Labute approximate surface area is 109 Å². The summed E-state index contributed by atoms with van der Waals surface area (Å²) in [6, 6.07) is 4.58. The van der Waals surface area contributed by atoms with Crippen molar-refractivity contribution in [2.24, 2.45) is 0 Å². The smallest absolute Gasteiger partial charge is 0.416 e. The summed E-state index contributed by atoms with van der Waals surface area (Å²) in [5, 5.41) is 2.87. The zero-order valence-electron chi connectivity index (χ0n) is 10.5. The number of hydrogen-bond acceptors (Lipinski definition) is 3. The molecule has 1 aromatic carbocycles. The summed E-state index contributed by atoms with van der Waals surface area (Å²) >= 11 is 0. The first-order valence-electron chi connectivity index (χ1n) is 5.59. The van der Waals surface area contributed by atoms with Gasteiger partial charge in [-0.1, -0.05) is 6.92 Å². The van der Waals surface area contributed by atoms with Crippen LogP contribution in [0.1, 0.15) is 18.9 Å². The van der Waals surface area contributed by atoms with E-state index in [-0.39, 0.29) is 0 Å². The normalized spacial score (nSPS) is 12.2. The molecule has 0 heterocycles. The Morgan fingerprint density at radius 2 is 1.89 bits per heavy atom. The average Bonchev–Trinajstić information content (AvgIpc) is 2.37. The number of nitrogens with one attached hydrogen (secondary N) is 1. The second kappa shape index (κ2) is 6.26. The van der Waals surface area contributed by atoms with Crippen LogP contribution in [0, 0.1) is 0 Å². The van der Waals surface area contributed by atoms with Crippen molar-refractivity contribution in [1.82, 2.24) is 0 Å². The maximum atomic E-state index is 12.4. The molecule has 0 unspecified atom stereocenters. The number of methoxy groups -OCH3 is 1. The third-order valence-corrected chi connectivity index (χ3v) is 2.39. The van der Waals surface area contributed by atoms with Gasteiger partial charge in [0.1, 0.15) is 0 Å². The van der Waals surface area contributed by atoms with Crippen molar-refractivity contribution in [3.05, 3.63) is 41.6 Å². The predicted octanol–water partition coefficient (Wildman–Crippen LogP) is 3.58. The lowest BCUT2D eigenvalue weighted by Crippen LogP contribution is -2.06. The Hall–Kier alpha value is -1.98. The van der Waals surface area contributed by atoms with Crippen molar-refractivity contribution in [2.75, 3.05) is 12.4 Å². The SMILES string of the molecule is CC/C(=C/C(=O)OC)Nc1ccc(C(F)(F)F)cc1. The highest BCUT2D eigenvalue weighted by Gasteiger charge is 2.29. The maximum Gasteiger partial charge on any atom is 0.416 e. The molecule has 1 rings (SSSR count). The largest absolute Gasteiger partial charge is 0.466 e. The Morgan fingerprint density at radius 3 is 2.32 bits per heavy atom. The number of allylic oxidation sites excluding steroid dienone is 1. The topological polar surface area (TPSA) is 38.3 Å². The lowest BCUT2D eigenvalue weighted by atomic mass is 10.2. The van der Waals surface area contributed by atoms with E-state index >= 15 is 0 Å². The molecule has 6 heteroatoms. The number of benzene rings is 1. The van der Waals surface area contributed by atoms with Gasteiger partial charge in [0.05, 0.1) is 12.7 Å². The van der Waals surface area contributed by atoms with E-state index in [1.165, 1.54) is 25.3 Å². The number of anilines is 1. The van der Waals surface area contributed by atoms with Gasteiger partial charge in [0.25, 0.3) is 0 Å². The Balaban J connectivity index is 2.82. The Bertz CT molecular complexity index is 464. The van der Waals surface area contributed by atoms with Crippen LogP contribution in [0.4, 0.5) is 18.9 Å². The minimum atomic E-state index is -4.35. The molecule has 0 aliphatic heterocycles. The molecule has 104 valence electrons. The van der Waals surface area contributed by atoms with Gasteiger partial charge < -0.3 is 10.1 Å². The number of halogens is 3. The molecular weight excluding hydrogens is 259 g/mol. The molecule has 0 radical (unpaired) electrons. The molecule has 1 aromatic rings. The third-order valence-electron chi connectivity index (χ3n) is 2.39. The van der Waals surface area contributed by atoms with Gasteiger partial charge in [0.2, 0.25) is 0 Å². The van der Waals surface area contributed by atoms with Crippen LogP contribution in [0.2, 0.25) is 0 Å². The fourth-order valence-corrected chi connectivity index (χ4v) is 1.36. The van der Waals surface area contributed by atoms with E-state index in [0.717, 1.165) is 12.1 Å². The van der Waals surface area contributed by atoms with Crippen LogP contribution in [0.5, 0.6) is 0 Å². The fourth-order valence-electron chi connectivity index (χ4n) is 1.36. The predicted molar refractivity (Wildman–Crippen MR) is 65.5 cm³/mol. The van der Waals surface area contributed by atoms with E-state index in [2.05, 4.69) is 10.1 Å². The van der Waals surface area contributed by atoms with Crippen molar-refractivity contribution in [3.63, 3.8) is 0 Å². The van der Waals surface area contributed by atoms with Gasteiger partial charge in [0.15, 0.2) is 0 Å². The minimum absolute atomic E-state index is 0.477. The van der Waals surface area contributed by atoms with Gasteiger partial charge in [-0.25, -0.2) is 4.79 Å². The van der Waals surface area contributed by atoms with Gasteiger partial charge in [0, 0.05) is 17.5 Å². The molecule has 0 saturated carbocycles. The molecule has 0 aromatic heterocycles. The van der Waals surface area contributed by atoms with Gasteiger partial charge >= 0.3 is 12.1 Å². The number of esters is 1. The lowest BCUT2D eigenvalue weighted by molar-refractivity contribution is -0.137. The summed E-state index contributed by atoms with van der Waals surface area (Å²) in [5.41, 5.74) is 0.324. The van der Waals surface area contributed by atoms with Gasteiger partial charge in [-0.05, 0) is 30.7 Å². The van der Waals surface area contributed by atoms with Gasteiger partial charge in [-0.15, -0.1) is 0 Å². The van der Waals surface area contributed by atoms with Crippen molar-refractivity contribution in [3.8, 4) is 0 Å². The molecular formula is C13H14F3NO2. The zero-order chi connectivity index (χ0) is 14.5. The molecule has 3 nitrogen and oxygen atoms in total. The molecule has 0 amide bonds. The maximum absolute atomic E-state index is 12.4. The molecule has 0 bridgehead atoms. The molecule has 0 atom stereocenters. The van der Waals surface area contributed by atoms with E-state index in [9.17, 15) is 18.0 Å². The Morgan fingerprint density at radius 1 is 1.32 bits per heavy atom. The molecule has 0 aliphatic carbocycles. The van der Waals surface area contributed by atoms with Crippen molar-refractivity contribution in [2.45, 2.75) is 19.5 Å². The molecule has 0 saturated heterocycles. The van der Waals surface area contributed by atoms with Crippen LogP contribution in [-0.4, -0.2) is 13.1 Å². The van der Waals surface area contributed by atoms with Crippen molar-refractivity contribution >= 4 is 11.7 Å². The van der Waals surface area contributed by atoms with E-state index in [1.807, 2.05) is 6.92 Å². The van der Waals surface area contributed by atoms with E-state index < -0.39 is 17.7 Å². The summed E-state index contributed by atoms with van der Waals surface area (Å²) in [6.45, 7) is 1.81. The summed E-state index contributed by atoms with van der Waals surface area (Å²) in [5.74, 6) is -0.517. The van der Waals surface area contributed by atoms with E-state index in [0.29, 0.717) is 17.8 Å². The molecule has 1 N–H and O–H groups in total. The number of ether oxygens (including phenoxy) is 1. The molecule has 0 spiro atoms. The third kappa shape index (κ3) is 4.65. The number of hydrogen-bond donors (Lipinski definition) is 1. The highest BCUT2D eigenvalue weighted by atomic mass is 19.4. The van der Waals surface area contributed by atoms with Crippen LogP contribution in [0.25, 0.3) is 0 Å². The van der Waals surface area contributed by atoms with Gasteiger partial charge in [-0.2, -0.15) is 13.2 Å². The van der Waals surface area contributed by atoms with Crippen molar-refractivity contribution < 1.29 is 22.7 Å². The monoisotopic (exact) mass is 273 g/mol. The van der Waals surface area contributed by atoms with Crippen LogP contribution in [-0.2, 0) is 15.7 Å². The van der Waals surface area contributed by atoms with Crippen LogP contribution >= 0.6 is 0 Å². The number of carbonyl (C=O) groups excluding carboxylic acids is 1. The number of alkyl halides is 3. The quantitative estimate of drug-likeness (QED) is 0.673. The lowest BCUT2D eigenvalue weighted by Gasteiger charge is -2.11. The molecule has 0 aliphatic rings. The van der Waals surface area contributed by atoms with E-state index in [4.69, 9.17) is 0 Å². The average molecular weight is 273 g/mol. The highest BCUT2D eigenvalue weighted by Crippen LogP contribution is 2.30. The zero-order valence-corrected chi connectivity index (χ0v) is 10.5. The summed E-state index contributed by atoms with van der Waals surface area (Å²) in [6.07, 6.45) is -2.57. The minimum Gasteiger partial charge on any atom is -0.466 e. The molecule has 0 fully saturated rings. The Kier molecular flexibility index (Phi) is 4.97.